The van der Waals surface area contributed by atoms with Gasteiger partial charge in [-0.2, -0.15) is 0 Å². The van der Waals surface area contributed by atoms with Crippen molar-refractivity contribution in [2.24, 2.45) is 11.3 Å². The molecule has 0 bridgehead atoms. The first kappa shape index (κ1) is 64.8. The maximum Gasteiger partial charge on any atom is 0.274 e. The normalized spacial score (nSPS) is 19.5. The van der Waals surface area contributed by atoms with Crippen LogP contribution in [0.5, 0.6) is 0 Å². The molecule has 0 saturated carbocycles. The Bertz CT molecular complexity index is 2120. The minimum Gasteiger partial charge on any atom is -0.790 e. The van der Waals surface area contributed by atoms with E-state index in [0.29, 0.717) is 12.2 Å². The fourth-order valence-electron chi connectivity index (χ4n) is 7.99. The number of phosphoric acid groups is 3. The number of hydrogen-bond acceptors (Lipinski definition) is 22. The summed E-state index contributed by atoms with van der Waals surface area (Å²) < 4.78 is 60.9. The van der Waals surface area contributed by atoms with E-state index in [1.807, 2.05) is 0 Å². The number of aromatic nitrogens is 4. The van der Waals surface area contributed by atoms with Crippen molar-refractivity contribution in [3.8, 4) is 0 Å². The van der Waals surface area contributed by atoms with Crippen molar-refractivity contribution < 1.29 is 80.5 Å². The molecule has 73 heavy (non-hydrogen) atoms. The van der Waals surface area contributed by atoms with Crippen LogP contribution in [-0.4, -0.2) is 103 Å². The van der Waals surface area contributed by atoms with Crippen molar-refractivity contribution in [2.45, 2.75) is 193 Å². The van der Waals surface area contributed by atoms with Gasteiger partial charge in [-0.3, -0.25) is 28.1 Å². The van der Waals surface area contributed by atoms with Crippen LogP contribution in [0.25, 0.3) is 11.2 Å². The van der Waals surface area contributed by atoms with Crippen molar-refractivity contribution in [1.29, 1.82) is 0 Å². The Morgan fingerprint density at radius 3 is 1.92 bits per heavy atom. The number of carbonyl (C=O) groups excluding carboxylic acids is 3. The van der Waals surface area contributed by atoms with Crippen molar-refractivity contribution in [3.05, 3.63) is 12.7 Å². The van der Waals surface area contributed by atoms with Crippen molar-refractivity contribution in [3.63, 3.8) is 0 Å². The molecule has 2 amide bonds. The van der Waals surface area contributed by atoms with Gasteiger partial charge in [0.15, 0.2) is 22.8 Å². The molecule has 28 heteroatoms. The number of nitrogens with two attached hydrogens (primary N) is 1. The smallest absolute Gasteiger partial charge is 0.274 e. The molecular formula is C45H78N7O17P3S-4. The number of phosphoric ester groups is 3. The number of rotatable bonds is 40. The number of hydrogen-bond donors (Lipinski definition) is 5. The molecule has 420 valence electrons. The van der Waals surface area contributed by atoms with Crippen molar-refractivity contribution >= 4 is 69.1 Å². The van der Waals surface area contributed by atoms with Crippen LogP contribution in [0.4, 0.5) is 5.82 Å². The second-order valence-electron chi connectivity index (χ2n) is 19.5. The maximum absolute atomic E-state index is 12.7. The molecule has 3 heterocycles. The number of aliphatic hydroxyl groups excluding tert-OH is 2. The van der Waals surface area contributed by atoms with Gasteiger partial charge < -0.3 is 69.0 Å². The molecule has 1 fully saturated rings. The number of ether oxygens (including phenoxy) is 1. The Hall–Kier alpha value is -2.44. The first-order valence-electron chi connectivity index (χ1n) is 25.4. The number of imidazole rings is 1. The summed E-state index contributed by atoms with van der Waals surface area (Å²) in [7, 11) is -17.6. The van der Waals surface area contributed by atoms with Gasteiger partial charge in [0.1, 0.15) is 36.3 Å². The number of aliphatic hydroxyl groups is 2. The summed E-state index contributed by atoms with van der Waals surface area (Å²) in [5.74, 6) is -0.295. The summed E-state index contributed by atoms with van der Waals surface area (Å²) in [6, 6.07) is 0. The van der Waals surface area contributed by atoms with Gasteiger partial charge in [-0.1, -0.05) is 155 Å². The predicted octanol–water partition coefficient (Wildman–Crippen LogP) is 4.59. The largest absolute Gasteiger partial charge is 0.790 e. The Balaban J connectivity index is 1.22. The molecule has 24 nitrogen and oxygen atoms in total. The molecule has 2 aromatic rings. The van der Waals surface area contributed by atoms with E-state index in [1.165, 1.54) is 117 Å². The topological polar surface area (TPSA) is 375 Å². The van der Waals surface area contributed by atoms with Crippen LogP contribution in [0.2, 0.25) is 0 Å². The molecule has 2 aromatic heterocycles. The number of amides is 2. The van der Waals surface area contributed by atoms with Crippen LogP contribution in [-0.2, 0) is 50.7 Å². The van der Waals surface area contributed by atoms with E-state index in [9.17, 15) is 57.9 Å². The molecule has 3 rings (SSSR count). The van der Waals surface area contributed by atoms with Crippen molar-refractivity contribution in [2.75, 3.05) is 37.8 Å². The number of thioether (sulfide) groups is 1. The fourth-order valence-corrected chi connectivity index (χ4v) is 11.5. The Labute approximate surface area is 433 Å². The highest BCUT2D eigenvalue weighted by atomic mass is 32.2. The lowest BCUT2D eigenvalue weighted by atomic mass is 9.87. The number of carbonyl (C=O) groups is 3. The van der Waals surface area contributed by atoms with E-state index >= 15 is 0 Å². The number of nitrogens with one attached hydrogen (secondary N) is 2. The molecule has 2 unspecified atom stereocenters. The monoisotopic (exact) mass is 1110 g/mol. The molecule has 0 radical (unpaired) electrons. The van der Waals surface area contributed by atoms with Gasteiger partial charge in [0.2, 0.25) is 11.8 Å². The number of fused-ring (bicyclic) bond motifs is 1. The molecule has 0 aromatic carbocycles. The van der Waals surface area contributed by atoms with E-state index in [-0.39, 0.29) is 41.6 Å². The quantitative estimate of drug-likeness (QED) is 0.0450. The average molecular weight is 1110 g/mol. The number of unbranched alkanes of at least 4 members (excludes halogenated alkanes) is 17. The second-order valence-corrected chi connectivity index (χ2v) is 24.7. The second kappa shape index (κ2) is 33.0. The lowest BCUT2D eigenvalue weighted by Crippen LogP contribution is -2.46. The third-order valence-corrected chi connectivity index (χ3v) is 16.1. The Kier molecular flexibility index (Phi) is 29.3. The molecule has 0 aliphatic carbocycles. The number of nitrogens with zero attached hydrogens (tertiary/aromatic N) is 4. The zero-order chi connectivity index (χ0) is 54.1. The molecule has 6 N–H and O–H groups in total. The van der Waals surface area contributed by atoms with E-state index in [0.717, 1.165) is 54.2 Å². The molecule has 1 aliphatic rings. The lowest BCUT2D eigenvalue weighted by Gasteiger charge is -2.36. The standard InChI is InChI=1S/C45H82N7O17P3S/c1-33(2)23-21-19-17-15-13-11-9-7-5-6-8-10-12-14-16-18-20-22-24-36(54)73-28-27-47-35(53)25-26-48-43(57)40(56)45(3,4)30-66-72(63,64)69-71(61,62)65-29-34-39(68-70(58,59)60)38(55)44(67-34)52-32-51-37-41(46)49-31-50-42(37)52/h31-34,38-40,44,55-56H,5-30H2,1-4H3,(H,47,53)(H,48,57)(H,61,62)(H,63,64)(H2,46,49,50)(H2,58,59,60)/p-4/t34-,38-,39-,40+,44-/m1/s1. The summed E-state index contributed by atoms with van der Waals surface area (Å²) >= 11 is 1.15. The highest BCUT2D eigenvalue weighted by Crippen LogP contribution is 2.56. The van der Waals surface area contributed by atoms with Crippen LogP contribution in [0.1, 0.15) is 169 Å². The molecule has 0 spiro atoms. The van der Waals surface area contributed by atoms with E-state index < -0.39 is 84.6 Å². The summed E-state index contributed by atoms with van der Waals surface area (Å²) in [6.07, 6.45) is 17.3. The van der Waals surface area contributed by atoms with Crippen LogP contribution < -0.4 is 35.9 Å². The summed E-state index contributed by atoms with van der Waals surface area (Å²) in [6.45, 7) is 4.79. The lowest BCUT2D eigenvalue weighted by molar-refractivity contribution is -0.347. The summed E-state index contributed by atoms with van der Waals surface area (Å²) in [4.78, 5) is 97.1. The van der Waals surface area contributed by atoms with E-state index in [1.54, 1.807) is 0 Å². The zero-order valence-corrected chi connectivity index (χ0v) is 46.1. The molecule has 1 aliphatic heterocycles. The Morgan fingerprint density at radius 1 is 0.808 bits per heavy atom. The minimum atomic E-state index is -5.92. The third kappa shape index (κ3) is 26.0. The zero-order valence-electron chi connectivity index (χ0n) is 42.6. The van der Waals surface area contributed by atoms with E-state index in [4.69, 9.17) is 10.5 Å². The number of anilines is 1. The first-order chi connectivity index (χ1) is 34.4. The molecule has 1 saturated heterocycles. The molecule has 7 atom stereocenters. The van der Waals surface area contributed by atoms with Gasteiger partial charge in [-0.25, -0.2) is 19.3 Å². The van der Waals surface area contributed by atoms with Gasteiger partial charge in [-0.05, 0) is 12.3 Å². The van der Waals surface area contributed by atoms with Gasteiger partial charge >= 0.3 is 0 Å². The van der Waals surface area contributed by atoms with E-state index in [2.05, 4.69) is 57.3 Å². The van der Waals surface area contributed by atoms with Crippen molar-refractivity contribution in [1.82, 2.24) is 30.2 Å². The third-order valence-electron chi connectivity index (χ3n) is 12.2. The highest BCUT2D eigenvalue weighted by Gasteiger charge is 2.47. The Morgan fingerprint density at radius 2 is 1.36 bits per heavy atom. The number of nitrogen functional groups attached to an aromatic ring is 1. The molecular weight excluding hydrogens is 1040 g/mol. The predicted molar refractivity (Wildman–Crippen MR) is 265 cm³/mol. The van der Waals surface area contributed by atoms with Crippen LogP contribution in [0, 0.1) is 11.3 Å². The van der Waals surface area contributed by atoms with Gasteiger partial charge in [0, 0.05) is 37.1 Å². The van der Waals surface area contributed by atoms with Crippen LogP contribution >= 0.6 is 35.2 Å². The fraction of sp³-hybridized carbons (Fsp3) is 0.822. The van der Waals surface area contributed by atoms with Crippen LogP contribution in [0.3, 0.4) is 0 Å². The summed E-state index contributed by atoms with van der Waals surface area (Å²) in [5.41, 5.74) is 4.10. The van der Waals surface area contributed by atoms with Gasteiger partial charge in [0.25, 0.3) is 15.6 Å². The summed E-state index contributed by atoms with van der Waals surface area (Å²) in [5, 5.41) is 26.5. The van der Waals surface area contributed by atoms with Gasteiger partial charge in [-0.15, -0.1) is 0 Å². The maximum atomic E-state index is 12.7. The van der Waals surface area contributed by atoms with Crippen LogP contribution in [0.15, 0.2) is 12.7 Å². The minimum absolute atomic E-state index is 0.0174. The first-order valence-corrected chi connectivity index (χ1v) is 30.8. The highest BCUT2D eigenvalue weighted by molar-refractivity contribution is 8.13. The SMILES string of the molecule is CC(C)CCCCCCCCCCCCCCCCCCCCC(=O)SCCNC(=O)CCNC(=O)[C@H](O)C(C)(C)COP(=O)([O-])OP(=O)([O-])OC[C@H]1O[C@@H](n2cnc3c(N)ncnc32)[C@H](O)[C@@H]1OP(=O)([O-])[O-]. The average Bonchev–Trinajstić information content (AvgIpc) is 3.87. The van der Waals surface area contributed by atoms with Gasteiger partial charge in [0.05, 0.1) is 27.4 Å².